The van der Waals surface area contributed by atoms with Crippen LogP contribution in [0.5, 0.6) is 5.75 Å². The Morgan fingerprint density at radius 3 is 2.54 bits per heavy atom. The number of carbonyl (C=O) groups excluding carboxylic acids is 2. The van der Waals surface area contributed by atoms with Gasteiger partial charge in [0.1, 0.15) is 5.75 Å². The van der Waals surface area contributed by atoms with Gasteiger partial charge in [0.2, 0.25) is 11.8 Å². The van der Waals surface area contributed by atoms with Gasteiger partial charge >= 0.3 is 0 Å². The highest BCUT2D eigenvalue weighted by atomic mass is 16.5. The van der Waals surface area contributed by atoms with E-state index in [0.29, 0.717) is 13.0 Å². The molecule has 1 aromatic rings. The van der Waals surface area contributed by atoms with E-state index in [0.717, 1.165) is 57.4 Å². The zero-order valence-electron chi connectivity index (χ0n) is 17.7. The van der Waals surface area contributed by atoms with Crippen molar-refractivity contribution in [2.24, 2.45) is 5.92 Å². The molecule has 0 aliphatic carbocycles. The van der Waals surface area contributed by atoms with Gasteiger partial charge in [-0.3, -0.25) is 9.59 Å². The molecule has 1 aliphatic heterocycles. The van der Waals surface area contributed by atoms with Gasteiger partial charge in [-0.05, 0) is 63.1 Å². The fourth-order valence-corrected chi connectivity index (χ4v) is 3.72. The molecule has 1 saturated heterocycles. The van der Waals surface area contributed by atoms with Crippen LogP contribution in [0.1, 0.15) is 64.4 Å². The Kier molecular flexibility index (Phi) is 9.32. The van der Waals surface area contributed by atoms with Crippen LogP contribution < -0.4 is 10.1 Å². The second-order valence-corrected chi connectivity index (χ2v) is 7.80. The molecule has 1 heterocycles. The fraction of sp³-hybridized carbons (Fsp3) is 0.652. The second-order valence-electron chi connectivity index (χ2n) is 7.80. The van der Waals surface area contributed by atoms with E-state index in [1.165, 1.54) is 5.56 Å². The van der Waals surface area contributed by atoms with Crippen LogP contribution in [0.25, 0.3) is 0 Å². The van der Waals surface area contributed by atoms with Crippen LogP contribution in [0, 0.1) is 12.8 Å². The van der Waals surface area contributed by atoms with Crippen LogP contribution in [0.4, 0.5) is 0 Å². The van der Waals surface area contributed by atoms with Crippen molar-refractivity contribution >= 4 is 11.8 Å². The molecule has 0 radical (unpaired) electrons. The van der Waals surface area contributed by atoms with E-state index in [-0.39, 0.29) is 23.8 Å². The number of hydrogen-bond donors (Lipinski definition) is 1. The van der Waals surface area contributed by atoms with Crippen LogP contribution >= 0.6 is 0 Å². The topological polar surface area (TPSA) is 58.6 Å². The third kappa shape index (κ3) is 7.17. The number of nitrogens with zero attached hydrogens (tertiary/aromatic N) is 1. The number of likely N-dealkylation sites (tertiary alicyclic amines) is 1. The number of piperidine rings is 1. The lowest BCUT2D eigenvalue weighted by Gasteiger charge is -2.34. The summed E-state index contributed by atoms with van der Waals surface area (Å²) < 4.78 is 5.72. The third-order valence-electron chi connectivity index (χ3n) is 5.56. The maximum atomic E-state index is 12.4. The van der Waals surface area contributed by atoms with Gasteiger partial charge in [0.25, 0.3) is 0 Å². The SMILES string of the molecule is CCC(CC)C(=O)N1CCC(NC(=O)CCCCOc2cccc(C)c2)CC1. The number of unbranched alkanes of at least 4 members (excludes halogenated alkanes) is 1. The van der Waals surface area contributed by atoms with Gasteiger partial charge in [0.15, 0.2) is 0 Å². The van der Waals surface area contributed by atoms with Crippen LogP contribution in [0.2, 0.25) is 0 Å². The molecular formula is C23H36N2O3. The van der Waals surface area contributed by atoms with Crippen molar-refractivity contribution in [1.29, 1.82) is 0 Å². The summed E-state index contributed by atoms with van der Waals surface area (Å²) in [6.07, 6.45) is 5.73. The Morgan fingerprint density at radius 2 is 1.89 bits per heavy atom. The molecule has 0 saturated carbocycles. The highest BCUT2D eigenvalue weighted by molar-refractivity contribution is 5.79. The molecule has 1 N–H and O–H groups in total. The second kappa shape index (κ2) is 11.7. The van der Waals surface area contributed by atoms with Crippen LogP contribution in [0.3, 0.4) is 0 Å². The van der Waals surface area contributed by atoms with Crippen molar-refractivity contribution in [3.05, 3.63) is 29.8 Å². The number of rotatable bonds is 10. The number of aryl methyl sites for hydroxylation is 1. The molecule has 2 amide bonds. The van der Waals surface area contributed by atoms with Crippen LogP contribution in [-0.4, -0.2) is 42.5 Å². The molecule has 1 aliphatic rings. The predicted octanol–water partition coefficient (Wildman–Crippen LogP) is 4.09. The van der Waals surface area contributed by atoms with E-state index >= 15 is 0 Å². The Morgan fingerprint density at radius 1 is 1.18 bits per heavy atom. The molecule has 0 bridgehead atoms. The summed E-state index contributed by atoms with van der Waals surface area (Å²) >= 11 is 0. The van der Waals surface area contributed by atoms with E-state index in [1.807, 2.05) is 36.1 Å². The van der Waals surface area contributed by atoms with Gasteiger partial charge in [-0.1, -0.05) is 26.0 Å². The lowest BCUT2D eigenvalue weighted by Crippen LogP contribution is -2.48. The quantitative estimate of drug-likeness (QED) is 0.614. The number of benzene rings is 1. The highest BCUT2D eigenvalue weighted by Crippen LogP contribution is 2.17. The Bertz CT molecular complexity index is 620. The summed E-state index contributed by atoms with van der Waals surface area (Å²) in [6.45, 7) is 8.34. The molecular weight excluding hydrogens is 352 g/mol. The Labute approximate surface area is 169 Å². The Balaban J connectivity index is 1.58. The summed E-state index contributed by atoms with van der Waals surface area (Å²) in [5.74, 6) is 1.43. The number of hydrogen-bond acceptors (Lipinski definition) is 3. The normalized spacial score (nSPS) is 14.9. The molecule has 5 heteroatoms. The van der Waals surface area contributed by atoms with E-state index in [4.69, 9.17) is 4.74 Å². The highest BCUT2D eigenvalue weighted by Gasteiger charge is 2.26. The minimum Gasteiger partial charge on any atom is -0.494 e. The van der Waals surface area contributed by atoms with Crippen molar-refractivity contribution in [2.75, 3.05) is 19.7 Å². The van der Waals surface area contributed by atoms with Crippen molar-refractivity contribution in [2.45, 2.75) is 71.8 Å². The van der Waals surface area contributed by atoms with Gasteiger partial charge in [-0.15, -0.1) is 0 Å². The summed E-state index contributed by atoms with van der Waals surface area (Å²) in [7, 11) is 0. The molecule has 1 fully saturated rings. The van der Waals surface area contributed by atoms with Crippen molar-refractivity contribution < 1.29 is 14.3 Å². The van der Waals surface area contributed by atoms with Gasteiger partial charge in [0.05, 0.1) is 6.61 Å². The first-order valence-electron chi connectivity index (χ1n) is 10.8. The maximum Gasteiger partial charge on any atom is 0.225 e. The largest absolute Gasteiger partial charge is 0.494 e. The zero-order chi connectivity index (χ0) is 20.4. The first kappa shape index (κ1) is 22.3. The standard InChI is InChI=1S/C23H36N2O3/c1-4-19(5-2)23(27)25-14-12-20(13-15-25)24-22(26)11-6-7-16-28-21-10-8-9-18(3)17-21/h8-10,17,19-20H,4-7,11-16H2,1-3H3,(H,24,26). The molecule has 0 unspecified atom stereocenters. The van der Waals surface area contributed by atoms with Gasteiger partial charge in [0, 0.05) is 31.5 Å². The van der Waals surface area contributed by atoms with E-state index in [9.17, 15) is 9.59 Å². The number of carbonyl (C=O) groups is 2. The van der Waals surface area contributed by atoms with Crippen molar-refractivity contribution in [1.82, 2.24) is 10.2 Å². The summed E-state index contributed by atoms with van der Waals surface area (Å²) in [5.41, 5.74) is 1.18. The molecule has 0 aromatic heterocycles. The number of ether oxygens (including phenoxy) is 1. The summed E-state index contributed by atoms with van der Waals surface area (Å²) in [4.78, 5) is 26.6. The smallest absolute Gasteiger partial charge is 0.225 e. The molecule has 2 rings (SSSR count). The molecule has 5 nitrogen and oxygen atoms in total. The Hall–Kier alpha value is -2.04. The monoisotopic (exact) mass is 388 g/mol. The first-order chi connectivity index (χ1) is 13.5. The lowest BCUT2D eigenvalue weighted by molar-refractivity contribution is -0.137. The summed E-state index contributed by atoms with van der Waals surface area (Å²) in [6, 6.07) is 8.21. The zero-order valence-corrected chi connectivity index (χ0v) is 17.7. The predicted molar refractivity (Wildman–Crippen MR) is 112 cm³/mol. The third-order valence-corrected chi connectivity index (χ3v) is 5.56. The molecule has 156 valence electrons. The molecule has 28 heavy (non-hydrogen) atoms. The summed E-state index contributed by atoms with van der Waals surface area (Å²) in [5, 5.41) is 3.13. The van der Waals surface area contributed by atoms with E-state index in [2.05, 4.69) is 19.2 Å². The average molecular weight is 389 g/mol. The number of nitrogens with one attached hydrogen (secondary N) is 1. The average Bonchev–Trinajstić information content (AvgIpc) is 2.69. The van der Waals surface area contributed by atoms with Gasteiger partial charge in [-0.2, -0.15) is 0 Å². The first-order valence-corrected chi connectivity index (χ1v) is 10.8. The number of amides is 2. The van der Waals surface area contributed by atoms with Crippen LogP contribution in [-0.2, 0) is 9.59 Å². The molecule has 1 aromatic carbocycles. The van der Waals surface area contributed by atoms with Crippen molar-refractivity contribution in [3.63, 3.8) is 0 Å². The lowest BCUT2D eigenvalue weighted by atomic mass is 9.98. The maximum absolute atomic E-state index is 12.4. The molecule has 0 spiro atoms. The fourth-order valence-electron chi connectivity index (χ4n) is 3.72. The van der Waals surface area contributed by atoms with Crippen molar-refractivity contribution in [3.8, 4) is 5.75 Å². The van der Waals surface area contributed by atoms with Crippen LogP contribution in [0.15, 0.2) is 24.3 Å². The van der Waals surface area contributed by atoms with Gasteiger partial charge in [-0.25, -0.2) is 0 Å². The van der Waals surface area contributed by atoms with Gasteiger partial charge < -0.3 is 15.0 Å². The minimum atomic E-state index is 0.111. The molecule has 0 atom stereocenters. The van der Waals surface area contributed by atoms with E-state index in [1.54, 1.807) is 0 Å². The van der Waals surface area contributed by atoms with E-state index < -0.39 is 0 Å². The minimum absolute atomic E-state index is 0.111.